The Kier molecular flexibility index (Phi) is 3.84. The van der Waals surface area contributed by atoms with Gasteiger partial charge in [-0.3, -0.25) is 0 Å². The number of hydrogen-bond donors (Lipinski definition) is 1. The zero-order valence-electron chi connectivity index (χ0n) is 9.97. The van der Waals surface area contributed by atoms with Gasteiger partial charge >= 0.3 is 0 Å². The maximum Gasteiger partial charge on any atom is 0.236 e. The second kappa shape index (κ2) is 5.75. The number of hydrogen-bond acceptors (Lipinski definition) is 4. The zero-order chi connectivity index (χ0) is 13.1. The van der Waals surface area contributed by atoms with Gasteiger partial charge in [0.05, 0.1) is 17.1 Å². The van der Waals surface area contributed by atoms with Crippen molar-refractivity contribution in [1.82, 2.24) is 4.98 Å². The maximum atomic E-state index is 5.47. The Morgan fingerprint density at radius 1 is 1.21 bits per heavy atom. The van der Waals surface area contributed by atoms with E-state index in [9.17, 15) is 0 Å². The molecule has 0 fully saturated rings. The first kappa shape index (κ1) is 12.7. The lowest BCUT2D eigenvalue weighted by Gasteiger charge is -2.03. The summed E-state index contributed by atoms with van der Waals surface area (Å²) in [6.07, 6.45) is 1.70. The molecule has 0 unspecified atom stereocenters. The van der Waals surface area contributed by atoms with Crippen molar-refractivity contribution in [3.8, 4) is 10.8 Å². The van der Waals surface area contributed by atoms with Crippen molar-refractivity contribution >= 4 is 39.6 Å². The summed E-state index contributed by atoms with van der Waals surface area (Å²) in [4.78, 5) is 5.52. The van der Waals surface area contributed by atoms with E-state index in [1.165, 1.54) is 3.57 Å². The van der Waals surface area contributed by atoms with Gasteiger partial charge in [0.15, 0.2) is 0 Å². The highest BCUT2D eigenvalue weighted by Crippen LogP contribution is 2.23. The van der Waals surface area contributed by atoms with Gasteiger partial charge in [0.2, 0.25) is 5.89 Å². The normalized spacial score (nSPS) is 10.6. The molecule has 3 nitrogen and oxygen atoms in total. The number of anilines is 1. The third kappa shape index (κ3) is 3.16. The van der Waals surface area contributed by atoms with Crippen LogP contribution in [0.25, 0.3) is 10.8 Å². The molecule has 0 aliphatic heterocycles. The molecule has 0 bridgehead atoms. The Balaban J connectivity index is 1.66. The van der Waals surface area contributed by atoms with Crippen LogP contribution in [-0.2, 0) is 6.54 Å². The molecule has 5 heteroatoms. The second-order valence-corrected chi connectivity index (χ2v) is 6.18. The summed E-state index contributed by atoms with van der Waals surface area (Å²) in [6.45, 7) is 0.662. The van der Waals surface area contributed by atoms with Gasteiger partial charge in [0, 0.05) is 9.26 Å². The topological polar surface area (TPSA) is 38.1 Å². The van der Waals surface area contributed by atoms with Crippen molar-refractivity contribution in [2.24, 2.45) is 0 Å². The molecule has 0 saturated heterocycles. The Morgan fingerprint density at radius 3 is 2.79 bits per heavy atom. The Morgan fingerprint density at radius 2 is 2.05 bits per heavy atom. The van der Waals surface area contributed by atoms with Gasteiger partial charge in [-0.05, 0) is 58.3 Å². The molecular formula is C14H11IN2OS. The van der Waals surface area contributed by atoms with Crippen LogP contribution in [-0.4, -0.2) is 4.98 Å². The molecule has 2 heterocycles. The van der Waals surface area contributed by atoms with Crippen molar-refractivity contribution in [3.05, 3.63) is 57.3 Å². The first-order valence-electron chi connectivity index (χ1n) is 5.79. The number of aromatic nitrogens is 1. The van der Waals surface area contributed by atoms with E-state index in [0.29, 0.717) is 12.4 Å². The summed E-state index contributed by atoms with van der Waals surface area (Å²) in [5.41, 5.74) is 1.99. The van der Waals surface area contributed by atoms with Crippen LogP contribution >= 0.6 is 33.9 Å². The lowest BCUT2D eigenvalue weighted by molar-refractivity contribution is 0.574. The van der Waals surface area contributed by atoms with Crippen LogP contribution in [0.4, 0.5) is 5.69 Å². The molecule has 0 aliphatic carbocycles. The van der Waals surface area contributed by atoms with Crippen LogP contribution in [0.3, 0.4) is 0 Å². The van der Waals surface area contributed by atoms with E-state index >= 15 is 0 Å². The molecule has 2 aromatic heterocycles. The van der Waals surface area contributed by atoms with E-state index in [1.807, 2.05) is 17.5 Å². The van der Waals surface area contributed by atoms with E-state index in [0.717, 1.165) is 16.3 Å². The lowest BCUT2D eigenvalue weighted by Crippen LogP contribution is -1.99. The molecule has 0 radical (unpaired) electrons. The van der Waals surface area contributed by atoms with Gasteiger partial charge in [0.25, 0.3) is 0 Å². The highest BCUT2D eigenvalue weighted by Gasteiger charge is 2.07. The number of thiophene rings is 1. The number of nitrogens with zero attached hydrogens (tertiary/aromatic N) is 1. The standard InChI is InChI=1S/C14H11IN2OS/c15-10-3-5-11(6-4-10)16-8-12-9-18-14(17-12)13-2-1-7-19-13/h1-7,9,16H,8H2. The fourth-order valence-corrected chi connectivity index (χ4v) is 2.68. The Hall–Kier alpha value is -1.34. The monoisotopic (exact) mass is 382 g/mol. The van der Waals surface area contributed by atoms with Crippen molar-refractivity contribution in [3.63, 3.8) is 0 Å². The van der Waals surface area contributed by atoms with Crippen LogP contribution < -0.4 is 5.32 Å². The van der Waals surface area contributed by atoms with Crippen LogP contribution in [0.1, 0.15) is 5.69 Å². The maximum absolute atomic E-state index is 5.47. The molecule has 0 amide bonds. The smallest absolute Gasteiger partial charge is 0.236 e. The van der Waals surface area contributed by atoms with Crippen molar-refractivity contribution in [2.45, 2.75) is 6.54 Å². The number of rotatable bonds is 4. The van der Waals surface area contributed by atoms with E-state index in [-0.39, 0.29) is 0 Å². The Bertz CT molecular complexity index is 646. The summed E-state index contributed by atoms with van der Waals surface area (Å²) in [5.74, 6) is 0.689. The van der Waals surface area contributed by atoms with Crippen LogP contribution in [0.5, 0.6) is 0 Å². The SMILES string of the molecule is Ic1ccc(NCc2coc(-c3cccs3)n2)cc1. The highest BCUT2D eigenvalue weighted by atomic mass is 127. The molecule has 0 atom stereocenters. The molecule has 1 N–H and O–H groups in total. The fraction of sp³-hybridized carbons (Fsp3) is 0.0714. The third-order valence-corrected chi connectivity index (χ3v) is 4.18. The molecule has 0 saturated carbocycles. The van der Waals surface area contributed by atoms with Crippen molar-refractivity contribution < 1.29 is 4.42 Å². The predicted molar refractivity (Wildman–Crippen MR) is 86.3 cm³/mol. The minimum atomic E-state index is 0.662. The van der Waals surface area contributed by atoms with Gasteiger partial charge in [-0.1, -0.05) is 6.07 Å². The minimum absolute atomic E-state index is 0.662. The van der Waals surface area contributed by atoms with Gasteiger partial charge in [-0.25, -0.2) is 4.98 Å². The first-order chi connectivity index (χ1) is 9.31. The molecule has 0 aliphatic rings. The van der Waals surface area contributed by atoms with Gasteiger partial charge in [-0.2, -0.15) is 0 Å². The summed E-state index contributed by atoms with van der Waals surface area (Å²) >= 11 is 3.92. The van der Waals surface area contributed by atoms with E-state index in [4.69, 9.17) is 4.42 Å². The number of oxazole rings is 1. The molecule has 19 heavy (non-hydrogen) atoms. The largest absolute Gasteiger partial charge is 0.443 e. The first-order valence-corrected chi connectivity index (χ1v) is 7.75. The fourth-order valence-electron chi connectivity index (χ4n) is 1.66. The highest BCUT2D eigenvalue weighted by molar-refractivity contribution is 14.1. The van der Waals surface area contributed by atoms with Crippen LogP contribution in [0, 0.1) is 3.57 Å². The molecular weight excluding hydrogens is 371 g/mol. The number of halogens is 1. The molecule has 0 spiro atoms. The number of nitrogens with one attached hydrogen (secondary N) is 1. The molecule has 96 valence electrons. The summed E-state index contributed by atoms with van der Waals surface area (Å²) < 4.78 is 6.70. The summed E-state index contributed by atoms with van der Waals surface area (Å²) in [6, 6.07) is 12.3. The minimum Gasteiger partial charge on any atom is -0.443 e. The predicted octanol–water partition coefficient (Wildman–Crippen LogP) is 4.62. The van der Waals surface area contributed by atoms with Crippen molar-refractivity contribution in [1.29, 1.82) is 0 Å². The van der Waals surface area contributed by atoms with Gasteiger partial charge in [-0.15, -0.1) is 11.3 Å². The van der Waals surface area contributed by atoms with E-state index < -0.39 is 0 Å². The van der Waals surface area contributed by atoms with Crippen LogP contribution in [0.15, 0.2) is 52.5 Å². The average molecular weight is 382 g/mol. The number of benzene rings is 1. The zero-order valence-corrected chi connectivity index (χ0v) is 12.9. The third-order valence-electron chi connectivity index (χ3n) is 2.60. The Labute approximate surface area is 128 Å². The quantitative estimate of drug-likeness (QED) is 0.670. The van der Waals surface area contributed by atoms with Crippen molar-refractivity contribution in [2.75, 3.05) is 5.32 Å². The summed E-state index contributed by atoms with van der Waals surface area (Å²) in [5, 5.41) is 5.34. The molecule has 3 aromatic rings. The van der Waals surface area contributed by atoms with Gasteiger partial charge < -0.3 is 9.73 Å². The van der Waals surface area contributed by atoms with Crippen LogP contribution in [0.2, 0.25) is 0 Å². The second-order valence-electron chi connectivity index (χ2n) is 3.98. The summed E-state index contributed by atoms with van der Waals surface area (Å²) in [7, 11) is 0. The average Bonchev–Trinajstić information content (AvgIpc) is 3.09. The molecule has 1 aromatic carbocycles. The molecule has 3 rings (SSSR count). The van der Waals surface area contributed by atoms with Gasteiger partial charge in [0.1, 0.15) is 6.26 Å². The van der Waals surface area contributed by atoms with E-state index in [2.05, 4.69) is 57.2 Å². The van der Waals surface area contributed by atoms with E-state index in [1.54, 1.807) is 17.6 Å². The lowest BCUT2D eigenvalue weighted by atomic mass is 10.3.